The number of rotatable bonds is 4. The Morgan fingerprint density at radius 1 is 1.15 bits per heavy atom. The van der Waals surface area contributed by atoms with Gasteiger partial charge in [0.1, 0.15) is 16.9 Å². The molecule has 1 aromatic heterocycles. The number of benzene rings is 2. The minimum absolute atomic E-state index is 0.490. The van der Waals surface area contributed by atoms with E-state index in [1.54, 1.807) is 7.11 Å². The third kappa shape index (κ3) is 3.10. The van der Waals surface area contributed by atoms with E-state index in [0.29, 0.717) is 12.4 Å². The Balaban J connectivity index is 1.87. The van der Waals surface area contributed by atoms with E-state index in [-0.39, 0.29) is 0 Å². The third-order valence-corrected chi connectivity index (χ3v) is 4.85. The Kier molecular flexibility index (Phi) is 4.24. The molecule has 27 heavy (non-hydrogen) atoms. The molecular formula is C21H23N5O. The molecule has 0 saturated heterocycles. The zero-order chi connectivity index (χ0) is 19.0. The van der Waals surface area contributed by atoms with E-state index in [1.807, 2.05) is 18.2 Å². The molecule has 138 valence electrons. The molecular weight excluding hydrogens is 338 g/mol. The van der Waals surface area contributed by atoms with Crippen LogP contribution in [0.4, 0.5) is 11.5 Å². The van der Waals surface area contributed by atoms with Gasteiger partial charge in [-0.15, -0.1) is 0 Å². The van der Waals surface area contributed by atoms with Crippen molar-refractivity contribution in [3.63, 3.8) is 0 Å². The minimum Gasteiger partial charge on any atom is -0.497 e. The Hall–Kier alpha value is -3.41. The molecule has 0 unspecified atom stereocenters. The van der Waals surface area contributed by atoms with E-state index in [4.69, 9.17) is 10.5 Å². The lowest BCUT2D eigenvalue weighted by Gasteiger charge is -2.20. The number of methoxy groups -OCH3 is 1. The molecule has 0 atom stereocenters. The predicted octanol–water partition coefficient (Wildman–Crippen LogP) is 1.60. The van der Waals surface area contributed by atoms with Crippen LogP contribution in [0.15, 0.2) is 42.5 Å². The molecule has 5 N–H and O–H groups in total. The van der Waals surface area contributed by atoms with Crippen LogP contribution in [-0.2, 0) is 0 Å². The fourth-order valence-corrected chi connectivity index (χ4v) is 3.45. The number of nitrogens with two attached hydrogens (primary N) is 1. The number of fused-ring (bicyclic) bond motifs is 1. The van der Waals surface area contributed by atoms with Crippen LogP contribution in [0.1, 0.15) is 16.7 Å². The fourth-order valence-electron chi connectivity index (χ4n) is 3.45. The average molecular weight is 361 g/mol. The second-order valence-electron chi connectivity index (χ2n) is 6.74. The van der Waals surface area contributed by atoms with Crippen molar-refractivity contribution in [3.05, 3.63) is 69.7 Å². The summed E-state index contributed by atoms with van der Waals surface area (Å²) in [4.78, 5) is 0. The van der Waals surface area contributed by atoms with Crippen LogP contribution in [0.25, 0.3) is 11.4 Å². The van der Waals surface area contributed by atoms with Gasteiger partial charge in [0.15, 0.2) is 5.82 Å². The molecule has 0 radical (unpaired) electrons. The van der Waals surface area contributed by atoms with Crippen molar-refractivity contribution in [2.75, 3.05) is 24.7 Å². The number of hydrogen-bond donors (Lipinski definition) is 4. The van der Waals surface area contributed by atoms with E-state index < -0.39 is 0 Å². The monoisotopic (exact) mass is 361 g/mol. The summed E-state index contributed by atoms with van der Waals surface area (Å²) in [6.45, 7) is 4.82. The number of hydrogen-bond acceptors (Lipinski definition) is 5. The van der Waals surface area contributed by atoms with Crippen molar-refractivity contribution in [1.82, 2.24) is 15.5 Å². The second-order valence-corrected chi connectivity index (χ2v) is 6.74. The van der Waals surface area contributed by atoms with Gasteiger partial charge in [-0.3, -0.25) is 5.10 Å². The van der Waals surface area contributed by atoms with Gasteiger partial charge in [-0.2, -0.15) is 5.10 Å². The quantitative estimate of drug-likeness (QED) is 0.567. The van der Waals surface area contributed by atoms with Crippen molar-refractivity contribution in [2.24, 2.45) is 0 Å². The van der Waals surface area contributed by atoms with Crippen molar-refractivity contribution in [3.8, 4) is 5.75 Å². The molecule has 0 aliphatic carbocycles. The molecule has 3 aromatic rings. The maximum absolute atomic E-state index is 6.20. The molecule has 2 heterocycles. The van der Waals surface area contributed by atoms with Crippen LogP contribution in [0.5, 0.6) is 5.75 Å². The summed E-state index contributed by atoms with van der Waals surface area (Å²) < 4.78 is 5.36. The molecule has 0 bridgehead atoms. The van der Waals surface area contributed by atoms with E-state index in [2.05, 4.69) is 58.9 Å². The number of anilines is 2. The first-order chi connectivity index (χ1) is 13.1. The molecule has 1 aliphatic heterocycles. The van der Waals surface area contributed by atoms with Gasteiger partial charge in [0, 0.05) is 12.2 Å². The SMILES string of the molecule is COc1cccc(C2=c3c(N)n[nH]c3=C(Nc3ccc(C)cc3C)NC2)c1. The summed E-state index contributed by atoms with van der Waals surface area (Å²) in [5.74, 6) is 2.17. The molecule has 0 saturated carbocycles. The average Bonchev–Trinajstić information content (AvgIpc) is 3.06. The van der Waals surface area contributed by atoms with E-state index in [9.17, 15) is 0 Å². The van der Waals surface area contributed by atoms with Crippen LogP contribution in [-0.4, -0.2) is 23.9 Å². The highest BCUT2D eigenvalue weighted by Gasteiger charge is 2.17. The van der Waals surface area contributed by atoms with E-state index in [0.717, 1.165) is 39.0 Å². The van der Waals surface area contributed by atoms with Gasteiger partial charge < -0.3 is 21.1 Å². The van der Waals surface area contributed by atoms with Gasteiger partial charge in [0.25, 0.3) is 0 Å². The topological polar surface area (TPSA) is 88.0 Å². The molecule has 1 aliphatic rings. The highest BCUT2D eigenvalue weighted by Crippen LogP contribution is 2.21. The number of nitrogens with zero attached hydrogens (tertiary/aromatic N) is 1. The lowest BCUT2D eigenvalue weighted by molar-refractivity contribution is 0.414. The molecule has 4 rings (SSSR count). The summed E-state index contributed by atoms with van der Waals surface area (Å²) in [6.07, 6.45) is 0. The van der Waals surface area contributed by atoms with Crippen molar-refractivity contribution in [1.29, 1.82) is 0 Å². The Morgan fingerprint density at radius 3 is 2.78 bits per heavy atom. The predicted molar refractivity (Wildman–Crippen MR) is 109 cm³/mol. The lowest BCUT2D eigenvalue weighted by Crippen LogP contribution is -2.43. The maximum atomic E-state index is 6.20. The smallest absolute Gasteiger partial charge is 0.153 e. The first-order valence-electron chi connectivity index (χ1n) is 8.86. The van der Waals surface area contributed by atoms with Crippen molar-refractivity contribution >= 4 is 22.9 Å². The standard InChI is InChI=1S/C21H23N5O/c1-12-7-8-17(13(2)9-12)24-21-19-18(20(22)26-25-19)16(11-23-21)14-5-4-6-15(10-14)27-3/h4-10,23-25H,11H2,1-3H3,(H2,22,26). The Labute approximate surface area is 157 Å². The van der Waals surface area contributed by atoms with Gasteiger partial charge in [-0.05, 0) is 48.7 Å². The van der Waals surface area contributed by atoms with Gasteiger partial charge in [0.05, 0.1) is 12.3 Å². The highest BCUT2D eigenvalue weighted by molar-refractivity contribution is 5.76. The van der Waals surface area contributed by atoms with Gasteiger partial charge >= 0.3 is 0 Å². The minimum atomic E-state index is 0.490. The van der Waals surface area contributed by atoms with Crippen LogP contribution in [0, 0.1) is 13.8 Å². The summed E-state index contributed by atoms with van der Waals surface area (Å²) >= 11 is 0. The molecule has 0 amide bonds. The number of nitrogen functional groups attached to an aromatic ring is 1. The maximum Gasteiger partial charge on any atom is 0.153 e. The number of nitrogens with one attached hydrogen (secondary N) is 3. The zero-order valence-corrected chi connectivity index (χ0v) is 15.7. The van der Waals surface area contributed by atoms with Gasteiger partial charge in [-0.25, -0.2) is 0 Å². The number of aromatic nitrogens is 2. The first kappa shape index (κ1) is 17.0. The fraction of sp³-hybridized carbons (Fsp3) is 0.190. The molecule has 0 spiro atoms. The summed E-state index contributed by atoms with van der Waals surface area (Å²) in [6, 6.07) is 14.3. The lowest BCUT2D eigenvalue weighted by atomic mass is 10.0. The molecule has 0 fully saturated rings. The van der Waals surface area contributed by atoms with E-state index in [1.165, 1.54) is 11.1 Å². The Bertz CT molecular complexity index is 1130. The van der Waals surface area contributed by atoms with Crippen LogP contribution < -0.4 is 31.7 Å². The zero-order valence-electron chi connectivity index (χ0n) is 15.7. The van der Waals surface area contributed by atoms with Gasteiger partial charge in [-0.1, -0.05) is 29.8 Å². The van der Waals surface area contributed by atoms with Crippen LogP contribution in [0.3, 0.4) is 0 Å². The largest absolute Gasteiger partial charge is 0.497 e. The Morgan fingerprint density at radius 2 is 2.00 bits per heavy atom. The second kappa shape index (κ2) is 6.72. The number of H-pyrrole nitrogens is 1. The van der Waals surface area contributed by atoms with E-state index >= 15 is 0 Å². The van der Waals surface area contributed by atoms with Crippen molar-refractivity contribution in [2.45, 2.75) is 13.8 Å². The third-order valence-electron chi connectivity index (χ3n) is 4.85. The number of ether oxygens (including phenoxy) is 1. The molecule has 6 nitrogen and oxygen atoms in total. The highest BCUT2D eigenvalue weighted by atomic mass is 16.5. The first-order valence-corrected chi connectivity index (χ1v) is 8.86. The summed E-state index contributed by atoms with van der Waals surface area (Å²) in [7, 11) is 1.67. The number of aromatic amines is 1. The van der Waals surface area contributed by atoms with Crippen LogP contribution in [0.2, 0.25) is 0 Å². The van der Waals surface area contributed by atoms with Crippen molar-refractivity contribution < 1.29 is 4.74 Å². The number of aryl methyl sites for hydroxylation is 2. The van der Waals surface area contributed by atoms with Gasteiger partial charge in [0.2, 0.25) is 0 Å². The molecule has 2 aromatic carbocycles. The normalized spacial score (nSPS) is 13.1. The van der Waals surface area contributed by atoms with Crippen LogP contribution >= 0.6 is 0 Å². The summed E-state index contributed by atoms with van der Waals surface area (Å²) in [5, 5.41) is 16.0. The summed E-state index contributed by atoms with van der Waals surface area (Å²) in [5.41, 5.74) is 11.8. The molecule has 6 heteroatoms.